The molecular weight excluding hydrogens is 337 g/mol. The smallest absolute Gasteiger partial charge is 0.231 e. The second-order valence-corrected chi connectivity index (χ2v) is 5.77. The molecular formula is C16H15BrFNO2. The van der Waals surface area contributed by atoms with Crippen molar-refractivity contribution in [3.8, 4) is 11.5 Å². The van der Waals surface area contributed by atoms with Crippen molar-refractivity contribution in [3.05, 3.63) is 57.8 Å². The Kier molecular flexibility index (Phi) is 4.12. The minimum Gasteiger partial charge on any atom is -0.454 e. The van der Waals surface area contributed by atoms with Gasteiger partial charge >= 0.3 is 0 Å². The second-order valence-electron chi connectivity index (χ2n) is 4.92. The first kappa shape index (κ1) is 14.4. The quantitative estimate of drug-likeness (QED) is 0.896. The molecule has 2 aromatic carbocycles. The summed E-state index contributed by atoms with van der Waals surface area (Å²) in [6.07, 6.45) is 0. The zero-order chi connectivity index (χ0) is 14.8. The van der Waals surface area contributed by atoms with E-state index in [0.29, 0.717) is 6.54 Å². The maximum atomic E-state index is 13.1. The third-order valence-electron chi connectivity index (χ3n) is 3.51. The van der Waals surface area contributed by atoms with E-state index >= 15 is 0 Å². The molecule has 0 saturated heterocycles. The van der Waals surface area contributed by atoms with E-state index in [1.165, 1.54) is 12.1 Å². The normalized spacial score (nSPS) is 14.2. The van der Waals surface area contributed by atoms with Gasteiger partial charge in [0, 0.05) is 22.6 Å². The van der Waals surface area contributed by atoms with Crippen LogP contribution in [0.3, 0.4) is 0 Å². The summed E-state index contributed by atoms with van der Waals surface area (Å²) in [5, 5.41) is 3.42. The molecule has 0 amide bonds. The number of para-hydroxylation sites is 1. The molecule has 0 aromatic heterocycles. The fourth-order valence-electron chi connectivity index (χ4n) is 2.36. The van der Waals surface area contributed by atoms with Gasteiger partial charge in [0.05, 0.1) is 0 Å². The van der Waals surface area contributed by atoms with Crippen molar-refractivity contribution in [2.45, 2.75) is 19.5 Å². The first-order chi connectivity index (χ1) is 10.1. The monoisotopic (exact) mass is 351 g/mol. The highest BCUT2D eigenvalue weighted by Crippen LogP contribution is 2.35. The standard InChI is InChI=1S/C16H15BrFNO2/c1-10(13-6-5-12(18)7-14(13)17)19-8-11-3-2-4-15-16(11)21-9-20-15/h2-7,10,19H,8-9H2,1H3. The average Bonchev–Trinajstić information content (AvgIpc) is 2.93. The topological polar surface area (TPSA) is 30.5 Å². The predicted octanol–water partition coefficient (Wildman–Crippen LogP) is 4.17. The van der Waals surface area contributed by atoms with Crippen molar-refractivity contribution in [2.75, 3.05) is 6.79 Å². The van der Waals surface area contributed by atoms with E-state index in [9.17, 15) is 4.39 Å². The number of nitrogens with one attached hydrogen (secondary N) is 1. The number of hydrogen-bond donors (Lipinski definition) is 1. The maximum Gasteiger partial charge on any atom is 0.231 e. The summed E-state index contributed by atoms with van der Waals surface area (Å²) < 4.78 is 24.7. The molecule has 0 fully saturated rings. The lowest BCUT2D eigenvalue weighted by molar-refractivity contribution is 0.173. The molecule has 1 aliphatic heterocycles. The minimum atomic E-state index is -0.246. The van der Waals surface area contributed by atoms with Crippen LogP contribution in [0.2, 0.25) is 0 Å². The molecule has 5 heteroatoms. The Bertz CT molecular complexity index is 663. The minimum absolute atomic E-state index is 0.0816. The molecule has 1 N–H and O–H groups in total. The molecule has 2 aromatic rings. The Morgan fingerprint density at radius 1 is 1.29 bits per heavy atom. The fourth-order valence-corrected chi connectivity index (χ4v) is 3.05. The number of hydrogen-bond acceptors (Lipinski definition) is 3. The molecule has 0 spiro atoms. The molecule has 110 valence electrons. The fraction of sp³-hybridized carbons (Fsp3) is 0.250. The van der Waals surface area contributed by atoms with Crippen molar-refractivity contribution in [2.24, 2.45) is 0 Å². The van der Waals surface area contributed by atoms with Gasteiger partial charge in [-0.1, -0.05) is 34.1 Å². The SMILES string of the molecule is CC(NCc1cccc2c1OCO2)c1ccc(F)cc1Br. The van der Waals surface area contributed by atoms with Gasteiger partial charge in [-0.25, -0.2) is 4.39 Å². The molecule has 1 unspecified atom stereocenters. The molecule has 0 bridgehead atoms. The summed E-state index contributed by atoms with van der Waals surface area (Å²) in [6, 6.07) is 10.7. The van der Waals surface area contributed by atoms with Crippen LogP contribution in [0, 0.1) is 5.82 Å². The number of fused-ring (bicyclic) bond motifs is 1. The van der Waals surface area contributed by atoms with E-state index in [2.05, 4.69) is 21.2 Å². The van der Waals surface area contributed by atoms with Crippen molar-refractivity contribution in [3.63, 3.8) is 0 Å². The van der Waals surface area contributed by atoms with Gasteiger partial charge in [0.15, 0.2) is 11.5 Å². The number of ether oxygens (including phenoxy) is 2. The van der Waals surface area contributed by atoms with Crippen LogP contribution in [-0.2, 0) is 6.54 Å². The van der Waals surface area contributed by atoms with Crippen molar-refractivity contribution in [1.82, 2.24) is 5.32 Å². The van der Waals surface area contributed by atoms with Crippen LogP contribution in [0.1, 0.15) is 24.1 Å². The Labute approximate surface area is 131 Å². The number of halogens is 2. The van der Waals surface area contributed by atoms with Gasteiger partial charge in [-0.05, 0) is 30.7 Å². The van der Waals surface area contributed by atoms with Gasteiger partial charge in [-0.2, -0.15) is 0 Å². The van der Waals surface area contributed by atoms with E-state index in [-0.39, 0.29) is 18.7 Å². The van der Waals surface area contributed by atoms with E-state index < -0.39 is 0 Å². The molecule has 1 atom stereocenters. The molecule has 0 radical (unpaired) electrons. The zero-order valence-electron chi connectivity index (χ0n) is 11.5. The van der Waals surface area contributed by atoms with Crippen LogP contribution in [0.4, 0.5) is 4.39 Å². The summed E-state index contributed by atoms with van der Waals surface area (Å²) in [7, 11) is 0. The van der Waals surface area contributed by atoms with Crippen LogP contribution < -0.4 is 14.8 Å². The van der Waals surface area contributed by atoms with Crippen LogP contribution in [0.15, 0.2) is 40.9 Å². The molecule has 3 nitrogen and oxygen atoms in total. The number of rotatable bonds is 4. The summed E-state index contributed by atoms with van der Waals surface area (Å²) in [6.45, 7) is 2.96. The molecule has 1 heterocycles. The third-order valence-corrected chi connectivity index (χ3v) is 4.19. The van der Waals surface area contributed by atoms with Crippen molar-refractivity contribution in [1.29, 1.82) is 0 Å². The summed E-state index contributed by atoms with van der Waals surface area (Å²) in [4.78, 5) is 0. The Hall–Kier alpha value is -1.59. The molecule has 1 aliphatic rings. The molecule has 0 aliphatic carbocycles. The highest BCUT2D eigenvalue weighted by atomic mass is 79.9. The van der Waals surface area contributed by atoms with Crippen LogP contribution in [0.25, 0.3) is 0 Å². The lowest BCUT2D eigenvalue weighted by atomic mass is 10.1. The lowest BCUT2D eigenvalue weighted by Crippen LogP contribution is -2.18. The average molecular weight is 352 g/mol. The Morgan fingerprint density at radius 3 is 2.95 bits per heavy atom. The van der Waals surface area contributed by atoms with Crippen LogP contribution in [0.5, 0.6) is 11.5 Å². The van der Waals surface area contributed by atoms with Gasteiger partial charge in [-0.15, -0.1) is 0 Å². The van der Waals surface area contributed by atoms with Crippen LogP contribution >= 0.6 is 15.9 Å². The molecule has 0 saturated carbocycles. The predicted molar refractivity (Wildman–Crippen MR) is 81.9 cm³/mol. The van der Waals surface area contributed by atoms with Crippen molar-refractivity contribution >= 4 is 15.9 Å². The zero-order valence-corrected chi connectivity index (χ0v) is 13.1. The van der Waals surface area contributed by atoms with E-state index in [4.69, 9.17) is 9.47 Å². The van der Waals surface area contributed by atoms with Gasteiger partial charge < -0.3 is 14.8 Å². The lowest BCUT2D eigenvalue weighted by Gasteiger charge is -2.16. The van der Waals surface area contributed by atoms with Gasteiger partial charge in [0.2, 0.25) is 6.79 Å². The largest absolute Gasteiger partial charge is 0.454 e. The number of benzene rings is 2. The van der Waals surface area contributed by atoms with E-state index in [1.54, 1.807) is 6.07 Å². The first-order valence-corrected chi connectivity index (χ1v) is 7.50. The van der Waals surface area contributed by atoms with Crippen molar-refractivity contribution < 1.29 is 13.9 Å². The van der Waals surface area contributed by atoms with E-state index in [1.807, 2.05) is 25.1 Å². The maximum absolute atomic E-state index is 13.1. The molecule has 3 rings (SSSR count). The molecule has 21 heavy (non-hydrogen) atoms. The van der Waals surface area contributed by atoms with Crippen LogP contribution in [-0.4, -0.2) is 6.79 Å². The summed E-state index contributed by atoms with van der Waals surface area (Å²) in [5.74, 6) is 1.34. The Balaban J connectivity index is 1.72. The van der Waals surface area contributed by atoms with E-state index in [0.717, 1.165) is 27.1 Å². The highest BCUT2D eigenvalue weighted by Gasteiger charge is 2.18. The second kappa shape index (κ2) is 6.03. The Morgan fingerprint density at radius 2 is 2.14 bits per heavy atom. The van der Waals surface area contributed by atoms with Gasteiger partial charge in [0.1, 0.15) is 5.82 Å². The first-order valence-electron chi connectivity index (χ1n) is 6.71. The van der Waals surface area contributed by atoms with Gasteiger partial charge in [-0.3, -0.25) is 0 Å². The third kappa shape index (κ3) is 3.04. The highest BCUT2D eigenvalue weighted by molar-refractivity contribution is 9.10. The van der Waals surface area contributed by atoms with Gasteiger partial charge in [0.25, 0.3) is 0 Å². The summed E-state index contributed by atoms with van der Waals surface area (Å²) in [5.41, 5.74) is 2.07. The summed E-state index contributed by atoms with van der Waals surface area (Å²) >= 11 is 3.40.